The first-order chi connectivity index (χ1) is 6.53. The van der Waals surface area contributed by atoms with Crippen molar-refractivity contribution in [1.29, 1.82) is 0 Å². The maximum atomic E-state index is 12.2. The van der Waals surface area contributed by atoms with Gasteiger partial charge in [0.1, 0.15) is 0 Å². The SMILES string of the molecule is CCN(C(=O)C(C)(C)CC)C1CNC1. The van der Waals surface area contributed by atoms with E-state index in [9.17, 15) is 4.79 Å². The van der Waals surface area contributed by atoms with Gasteiger partial charge in [-0.2, -0.15) is 0 Å². The van der Waals surface area contributed by atoms with Gasteiger partial charge in [-0.1, -0.05) is 20.8 Å². The highest BCUT2D eigenvalue weighted by atomic mass is 16.2. The number of carbonyl (C=O) groups is 1. The summed E-state index contributed by atoms with van der Waals surface area (Å²) in [4.78, 5) is 14.2. The molecule has 1 N–H and O–H groups in total. The minimum atomic E-state index is -0.203. The average Bonchev–Trinajstić information content (AvgIpc) is 2.09. The van der Waals surface area contributed by atoms with Crippen LogP contribution in [0, 0.1) is 5.41 Å². The zero-order valence-corrected chi connectivity index (χ0v) is 9.76. The second kappa shape index (κ2) is 4.30. The Labute approximate surface area is 86.9 Å². The number of carbonyl (C=O) groups excluding carboxylic acids is 1. The molecule has 82 valence electrons. The summed E-state index contributed by atoms with van der Waals surface area (Å²) in [6.45, 7) is 10.9. The first-order valence-electron chi connectivity index (χ1n) is 5.54. The van der Waals surface area contributed by atoms with Crippen molar-refractivity contribution in [2.75, 3.05) is 19.6 Å². The molecule has 1 rings (SSSR count). The molecule has 0 saturated carbocycles. The minimum Gasteiger partial charge on any atom is -0.337 e. The van der Waals surface area contributed by atoms with E-state index in [1.165, 1.54) is 0 Å². The standard InChI is InChI=1S/C11H22N2O/c1-5-11(3,4)10(14)13(6-2)9-7-12-8-9/h9,12H,5-8H2,1-4H3. The maximum absolute atomic E-state index is 12.2. The highest BCUT2D eigenvalue weighted by Crippen LogP contribution is 2.24. The van der Waals surface area contributed by atoms with E-state index in [4.69, 9.17) is 0 Å². The summed E-state index contributed by atoms with van der Waals surface area (Å²) in [7, 11) is 0. The highest BCUT2D eigenvalue weighted by Gasteiger charge is 2.35. The number of hydrogen-bond donors (Lipinski definition) is 1. The fourth-order valence-electron chi connectivity index (χ4n) is 1.60. The molecule has 0 aliphatic carbocycles. The van der Waals surface area contributed by atoms with Crippen LogP contribution in [0.5, 0.6) is 0 Å². The molecule has 1 aliphatic heterocycles. The van der Waals surface area contributed by atoms with Crippen LogP contribution in [0.3, 0.4) is 0 Å². The second-order valence-corrected chi connectivity index (χ2v) is 4.64. The first-order valence-corrected chi connectivity index (χ1v) is 5.54. The van der Waals surface area contributed by atoms with E-state index >= 15 is 0 Å². The molecule has 0 radical (unpaired) electrons. The molecule has 0 aromatic carbocycles. The van der Waals surface area contributed by atoms with Gasteiger partial charge >= 0.3 is 0 Å². The van der Waals surface area contributed by atoms with Crippen molar-refractivity contribution in [3.05, 3.63) is 0 Å². The summed E-state index contributed by atoms with van der Waals surface area (Å²) in [6.07, 6.45) is 0.905. The van der Waals surface area contributed by atoms with E-state index in [0.29, 0.717) is 11.9 Å². The van der Waals surface area contributed by atoms with Gasteiger partial charge in [-0.3, -0.25) is 4.79 Å². The van der Waals surface area contributed by atoms with Gasteiger partial charge in [0.15, 0.2) is 0 Å². The molecule has 0 unspecified atom stereocenters. The van der Waals surface area contributed by atoms with Crippen LogP contribution in [0.2, 0.25) is 0 Å². The predicted octanol–water partition coefficient (Wildman–Crippen LogP) is 1.24. The molecule has 1 aliphatic rings. The Kier molecular flexibility index (Phi) is 3.53. The molecule has 0 aromatic heterocycles. The van der Waals surface area contributed by atoms with Crippen LogP contribution in [0.25, 0.3) is 0 Å². The maximum Gasteiger partial charge on any atom is 0.228 e. The third kappa shape index (κ3) is 2.08. The van der Waals surface area contributed by atoms with Crippen molar-refractivity contribution in [3.63, 3.8) is 0 Å². The molecule has 0 spiro atoms. The van der Waals surface area contributed by atoms with Gasteiger partial charge in [0.2, 0.25) is 5.91 Å². The lowest BCUT2D eigenvalue weighted by Gasteiger charge is -2.41. The van der Waals surface area contributed by atoms with Crippen LogP contribution in [-0.2, 0) is 4.79 Å². The average molecular weight is 198 g/mol. The fraction of sp³-hybridized carbons (Fsp3) is 0.909. The zero-order chi connectivity index (χ0) is 10.8. The molecule has 0 bridgehead atoms. The Morgan fingerprint density at radius 3 is 2.29 bits per heavy atom. The zero-order valence-electron chi connectivity index (χ0n) is 9.76. The molecular formula is C11H22N2O. The molecule has 3 heteroatoms. The number of likely N-dealkylation sites (N-methyl/N-ethyl adjacent to an activating group) is 1. The van der Waals surface area contributed by atoms with Gasteiger partial charge in [0.25, 0.3) is 0 Å². The summed E-state index contributed by atoms with van der Waals surface area (Å²) in [6, 6.07) is 0.429. The molecular weight excluding hydrogens is 176 g/mol. The van der Waals surface area contributed by atoms with E-state index < -0.39 is 0 Å². The number of nitrogens with one attached hydrogen (secondary N) is 1. The van der Waals surface area contributed by atoms with Crippen molar-refractivity contribution in [1.82, 2.24) is 10.2 Å². The summed E-state index contributed by atoms with van der Waals surface area (Å²) < 4.78 is 0. The van der Waals surface area contributed by atoms with Gasteiger partial charge < -0.3 is 10.2 Å². The third-order valence-electron chi connectivity index (χ3n) is 3.27. The molecule has 14 heavy (non-hydrogen) atoms. The van der Waals surface area contributed by atoms with Gasteiger partial charge in [-0.25, -0.2) is 0 Å². The van der Waals surface area contributed by atoms with Crippen LogP contribution in [0.15, 0.2) is 0 Å². The summed E-state index contributed by atoms with van der Waals surface area (Å²) in [5.41, 5.74) is -0.203. The van der Waals surface area contributed by atoms with Crippen molar-refractivity contribution in [3.8, 4) is 0 Å². The largest absolute Gasteiger partial charge is 0.337 e. The fourth-order valence-corrected chi connectivity index (χ4v) is 1.60. The Morgan fingerprint density at radius 1 is 1.43 bits per heavy atom. The monoisotopic (exact) mass is 198 g/mol. The molecule has 1 amide bonds. The second-order valence-electron chi connectivity index (χ2n) is 4.64. The van der Waals surface area contributed by atoms with E-state index in [1.54, 1.807) is 0 Å². The number of nitrogens with zero attached hydrogens (tertiary/aromatic N) is 1. The summed E-state index contributed by atoms with van der Waals surface area (Å²) in [5.74, 6) is 0.300. The Morgan fingerprint density at radius 2 is 2.00 bits per heavy atom. The van der Waals surface area contributed by atoms with Crippen molar-refractivity contribution < 1.29 is 4.79 Å². The van der Waals surface area contributed by atoms with E-state index in [1.807, 2.05) is 18.7 Å². The number of amides is 1. The van der Waals surface area contributed by atoms with Crippen molar-refractivity contribution >= 4 is 5.91 Å². The molecule has 3 nitrogen and oxygen atoms in total. The lowest BCUT2D eigenvalue weighted by atomic mass is 9.87. The van der Waals surface area contributed by atoms with Gasteiger partial charge in [0.05, 0.1) is 6.04 Å². The number of hydrogen-bond acceptors (Lipinski definition) is 2. The van der Waals surface area contributed by atoms with Crippen LogP contribution in [0.4, 0.5) is 0 Å². The summed E-state index contributed by atoms with van der Waals surface area (Å²) in [5, 5.41) is 3.21. The number of rotatable bonds is 4. The van der Waals surface area contributed by atoms with Crippen LogP contribution in [0.1, 0.15) is 34.1 Å². The van der Waals surface area contributed by atoms with Gasteiger partial charge in [0, 0.05) is 25.0 Å². The Balaban J connectivity index is 2.64. The highest BCUT2D eigenvalue weighted by molar-refractivity contribution is 5.82. The molecule has 1 fully saturated rings. The van der Waals surface area contributed by atoms with Crippen LogP contribution in [-0.4, -0.2) is 36.5 Å². The summed E-state index contributed by atoms with van der Waals surface area (Å²) >= 11 is 0. The van der Waals surface area contributed by atoms with Crippen LogP contribution < -0.4 is 5.32 Å². The molecule has 0 aromatic rings. The molecule has 0 atom stereocenters. The third-order valence-corrected chi connectivity index (χ3v) is 3.27. The Bertz CT molecular complexity index is 209. The lowest BCUT2D eigenvalue weighted by Crippen LogP contribution is -2.60. The minimum absolute atomic E-state index is 0.203. The van der Waals surface area contributed by atoms with Crippen LogP contribution >= 0.6 is 0 Å². The molecule has 1 saturated heterocycles. The lowest BCUT2D eigenvalue weighted by molar-refractivity contribution is -0.143. The van der Waals surface area contributed by atoms with Gasteiger partial charge in [-0.05, 0) is 13.3 Å². The van der Waals surface area contributed by atoms with Crippen molar-refractivity contribution in [2.24, 2.45) is 5.41 Å². The van der Waals surface area contributed by atoms with Gasteiger partial charge in [-0.15, -0.1) is 0 Å². The smallest absolute Gasteiger partial charge is 0.228 e. The first kappa shape index (κ1) is 11.5. The van der Waals surface area contributed by atoms with E-state index in [2.05, 4.69) is 19.2 Å². The quantitative estimate of drug-likeness (QED) is 0.737. The van der Waals surface area contributed by atoms with Crippen molar-refractivity contribution in [2.45, 2.75) is 40.2 Å². The van der Waals surface area contributed by atoms with E-state index in [0.717, 1.165) is 26.1 Å². The normalized spacial score (nSPS) is 17.7. The topological polar surface area (TPSA) is 32.3 Å². The predicted molar refractivity (Wildman–Crippen MR) is 58.1 cm³/mol. The Hall–Kier alpha value is -0.570. The van der Waals surface area contributed by atoms with E-state index in [-0.39, 0.29) is 5.41 Å². The molecule has 1 heterocycles.